The second-order valence-electron chi connectivity index (χ2n) is 6.19. The van der Waals surface area contributed by atoms with Crippen molar-refractivity contribution >= 4 is 11.8 Å². The second kappa shape index (κ2) is 12.4. The number of methoxy groups -OCH3 is 1. The van der Waals surface area contributed by atoms with Gasteiger partial charge in [0.2, 0.25) is 0 Å². The van der Waals surface area contributed by atoms with E-state index in [1.54, 1.807) is 12.2 Å². The summed E-state index contributed by atoms with van der Waals surface area (Å²) in [6.45, 7) is 2.06. The number of aliphatic hydroxyl groups is 1. The normalized spacial score (nSPS) is 21.8. The molecule has 0 spiro atoms. The predicted molar refractivity (Wildman–Crippen MR) is 99.9 cm³/mol. The number of ketones is 1. The summed E-state index contributed by atoms with van der Waals surface area (Å²) in [7, 11) is 1.39. The molecule has 4 heteroatoms. The molecule has 1 rings (SSSR count). The molecule has 3 atom stereocenters. The minimum absolute atomic E-state index is 0.0389. The van der Waals surface area contributed by atoms with Gasteiger partial charge in [0.15, 0.2) is 5.78 Å². The molecule has 0 amide bonds. The van der Waals surface area contributed by atoms with Crippen LogP contribution in [0.3, 0.4) is 0 Å². The van der Waals surface area contributed by atoms with Crippen LogP contribution in [-0.4, -0.2) is 30.1 Å². The zero-order valence-electron chi connectivity index (χ0n) is 15.3. The third-order valence-corrected chi connectivity index (χ3v) is 4.18. The zero-order valence-corrected chi connectivity index (χ0v) is 15.3. The summed E-state index contributed by atoms with van der Waals surface area (Å²) >= 11 is 0. The van der Waals surface area contributed by atoms with Crippen molar-refractivity contribution in [1.82, 2.24) is 0 Å². The maximum atomic E-state index is 12.0. The number of allylic oxidation sites excluding steroid dienone is 6. The quantitative estimate of drug-likeness (QED) is 0.350. The average molecular weight is 346 g/mol. The minimum Gasteiger partial charge on any atom is -0.469 e. The van der Waals surface area contributed by atoms with Gasteiger partial charge in [0.05, 0.1) is 13.2 Å². The highest BCUT2D eigenvalue weighted by Gasteiger charge is 2.27. The maximum Gasteiger partial charge on any atom is 0.305 e. The summed E-state index contributed by atoms with van der Waals surface area (Å²) in [6.07, 6.45) is 19.0. The summed E-state index contributed by atoms with van der Waals surface area (Å²) < 4.78 is 4.59. The highest BCUT2D eigenvalue weighted by Crippen LogP contribution is 2.27. The summed E-state index contributed by atoms with van der Waals surface area (Å²) in [5.41, 5.74) is 0. The van der Waals surface area contributed by atoms with Gasteiger partial charge in [0.1, 0.15) is 0 Å². The first-order valence-electron chi connectivity index (χ1n) is 9.03. The van der Waals surface area contributed by atoms with E-state index in [-0.39, 0.29) is 23.6 Å². The number of rotatable bonds is 11. The van der Waals surface area contributed by atoms with Crippen LogP contribution in [0.15, 0.2) is 48.6 Å². The number of hydrogen-bond acceptors (Lipinski definition) is 4. The molecule has 0 fully saturated rings. The molecule has 1 N–H and O–H groups in total. The lowest BCUT2D eigenvalue weighted by molar-refractivity contribution is -0.140. The van der Waals surface area contributed by atoms with Crippen molar-refractivity contribution in [3.8, 4) is 0 Å². The number of ether oxygens (including phenoxy) is 1. The van der Waals surface area contributed by atoms with Crippen molar-refractivity contribution < 1.29 is 19.4 Å². The first kappa shape index (κ1) is 21.1. The summed E-state index contributed by atoms with van der Waals surface area (Å²) in [4.78, 5) is 23.0. The Hall–Kier alpha value is -1.94. The van der Waals surface area contributed by atoms with Crippen molar-refractivity contribution in [3.05, 3.63) is 48.6 Å². The molecule has 0 saturated heterocycles. The van der Waals surface area contributed by atoms with E-state index in [0.717, 1.165) is 19.3 Å². The molecule has 0 bridgehead atoms. The third-order valence-electron chi connectivity index (χ3n) is 4.18. The van der Waals surface area contributed by atoms with Gasteiger partial charge in [-0.1, -0.05) is 49.5 Å². The predicted octanol–water partition coefficient (Wildman–Crippen LogP) is 3.92. The molecule has 0 aromatic heterocycles. The van der Waals surface area contributed by atoms with E-state index in [2.05, 4.69) is 11.7 Å². The Balaban J connectivity index is 2.40. The molecule has 1 aliphatic carbocycles. The molecular weight excluding hydrogens is 316 g/mol. The van der Waals surface area contributed by atoms with E-state index in [4.69, 9.17) is 0 Å². The van der Waals surface area contributed by atoms with E-state index in [0.29, 0.717) is 19.3 Å². The third kappa shape index (κ3) is 8.64. The van der Waals surface area contributed by atoms with Gasteiger partial charge in [-0.2, -0.15) is 0 Å². The lowest BCUT2D eigenvalue weighted by Crippen LogP contribution is -2.14. The van der Waals surface area contributed by atoms with Crippen molar-refractivity contribution in [2.45, 2.75) is 51.6 Å². The van der Waals surface area contributed by atoms with E-state index >= 15 is 0 Å². The van der Waals surface area contributed by atoms with E-state index < -0.39 is 6.10 Å². The Morgan fingerprint density at radius 1 is 1.32 bits per heavy atom. The Labute approximate surface area is 151 Å². The Morgan fingerprint density at radius 2 is 2.12 bits per heavy atom. The topological polar surface area (TPSA) is 63.6 Å². The van der Waals surface area contributed by atoms with Crippen LogP contribution < -0.4 is 0 Å². The number of esters is 1. The number of aliphatic hydroxyl groups excluding tert-OH is 1. The zero-order chi connectivity index (χ0) is 18.5. The van der Waals surface area contributed by atoms with Gasteiger partial charge in [-0.05, 0) is 38.2 Å². The maximum absolute atomic E-state index is 12.0. The fourth-order valence-corrected chi connectivity index (χ4v) is 2.69. The SMILES string of the molecule is CC/C=C\C[C@H](O)/C=C/[C@H]1C=CC(=O)[C@@H]1C/C=C\CCCC(=O)OC. The molecule has 0 aromatic carbocycles. The van der Waals surface area contributed by atoms with Gasteiger partial charge >= 0.3 is 5.97 Å². The first-order valence-corrected chi connectivity index (χ1v) is 9.03. The summed E-state index contributed by atoms with van der Waals surface area (Å²) in [5, 5.41) is 9.93. The molecule has 0 unspecified atom stereocenters. The summed E-state index contributed by atoms with van der Waals surface area (Å²) in [6, 6.07) is 0. The van der Waals surface area contributed by atoms with E-state index in [9.17, 15) is 14.7 Å². The van der Waals surface area contributed by atoms with Gasteiger partial charge in [0.25, 0.3) is 0 Å². The van der Waals surface area contributed by atoms with Gasteiger partial charge < -0.3 is 9.84 Å². The van der Waals surface area contributed by atoms with Crippen molar-refractivity contribution in [1.29, 1.82) is 0 Å². The Kier molecular flexibility index (Phi) is 10.5. The molecular formula is C21H30O4. The highest BCUT2D eigenvalue weighted by atomic mass is 16.5. The lowest BCUT2D eigenvalue weighted by Gasteiger charge is -2.13. The van der Waals surface area contributed by atoms with Gasteiger partial charge in [-0.25, -0.2) is 0 Å². The van der Waals surface area contributed by atoms with Crippen LogP contribution in [0.1, 0.15) is 45.4 Å². The van der Waals surface area contributed by atoms with Crippen molar-refractivity contribution in [3.63, 3.8) is 0 Å². The number of unbranched alkanes of at least 4 members (excludes halogenated alkanes) is 1. The molecule has 0 aliphatic heterocycles. The standard InChI is InChI=1S/C21H30O4/c1-3-4-7-10-18(22)15-13-17-14-16-20(23)19(17)11-8-5-6-9-12-21(24)25-2/h4-5,7-8,13-19,22H,3,6,9-12H2,1-2H3/b7-4-,8-5-,15-13+/t17-,18-,19+/m0/s1. The van der Waals surface area contributed by atoms with Crippen molar-refractivity contribution in [2.75, 3.05) is 7.11 Å². The Bertz CT molecular complexity index is 528. The average Bonchev–Trinajstić information content (AvgIpc) is 2.96. The van der Waals surface area contributed by atoms with Gasteiger partial charge in [-0.15, -0.1) is 0 Å². The number of carbonyl (C=O) groups is 2. The molecule has 0 radical (unpaired) electrons. The van der Waals surface area contributed by atoms with Crippen LogP contribution in [0.25, 0.3) is 0 Å². The molecule has 4 nitrogen and oxygen atoms in total. The highest BCUT2D eigenvalue weighted by molar-refractivity contribution is 5.95. The molecule has 138 valence electrons. The fraction of sp³-hybridized carbons (Fsp3) is 0.524. The largest absolute Gasteiger partial charge is 0.469 e. The Morgan fingerprint density at radius 3 is 2.84 bits per heavy atom. The van der Waals surface area contributed by atoms with Crippen LogP contribution in [0.2, 0.25) is 0 Å². The van der Waals surface area contributed by atoms with Gasteiger partial charge in [0, 0.05) is 18.3 Å². The van der Waals surface area contributed by atoms with Crippen LogP contribution in [-0.2, 0) is 14.3 Å². The number of hydrogen-bond donors (Lipinski definition) is 1. The molecule has 25 heavy (non-hydrogen) atoms. The van der Waals surface area contributed by atoms with Crippen LogP contribution in [0.5, 0.6) is 0 Å². The first-order chi connectivity index (χ1) is 12.1. The van der Waals surface area contributed by atoms with Crippen LogP contribution in [0.4, 0.5) is 0 Å². The summed E-state index contributed by atoms with van der Waals surface area (Å²) in [5.74, 6) is -0.112. The van der Waals surface area contributed by atoms with Crippen molar-refractivity contribution in [2.24, 2.45) is 11.8 Å². The number of carbonyl (C=O) groups excluding carboxylic acids is 2. The fourth-order valence-electron chi connectivity index (χ4n) is 2.69. The molecule has 1 aliphatic rings. The lowest BCUT2D eigenvalue weighted by atomic mass is 9.90. The van der Waals surface area contributed by atoms with Crippen LogP contribution in [0, 0.1) is 11.8 Å². The van der Waals surface area contributed by atoms with Crippen LogP contribution >= 0.6 is 0 Å². The second-order valence-corrected chi connectivity index (χ2v) is 6.19. The molecule has 0 heterocycles. The van der Waals surface area contributed by atoms with E-state index in [1.165, 1.54) is 7.11 Å². The smallest absolute Gasteiger partial charge is 0.305 e. The molecule has 0 saturated carbocycles. The monoisotopic (exact) mass is 346 g/mol. The molecule has 0 aromatic rings. The van der Waals surface area contributed by atoms with E-state index in [1.807, 2.05) is 36.5 Å². The minimum atomic E-state index is -0.513. The van der Waals surface area contributed by atoms with Gasteiger partial charge in [-0.3, -0.25) is 9.59 Å².